The Labute approximate surface area is 202 Å². The lowest BCUT2D eigenvalue weighted by atomic mass is 9.67. The Bertz CT molecular complexity index is 984. The van der Waals surface area contributed by atoms with E-state index in [1.807, 2.05) is 0 Å². The number of aromatic nitrogens is 1. The number of ether oxygens (including phenoxy) is 1. The highest BCUT2D eigenvalue weighted by Gasteiger charge is 2.53. The molecular formula is C22H28Cl2N4O5. The minimum Gasteiger partial charge on any atom is -0.454 e. The van der Waals surface area contributed by atoms with Crippen molar-refractivity contribution >= 4 is 52.8 Å². The predicted molar refractivity (Wildman–Crippen MR) is 123 cm³/mol. The molecular weight excluding hydrogens is 471 g/mol. The van der Waals surface area contributed by atoms with E-state index >= 15 is 0 Å². The molecule has 3 rings (SSSR count). The summed E-state index contributed by atoms with van der Waals surface area (Å²) in [5, 5.41) is 5.69. The van der Waals surface area contributed by atoms with Gasteiger partial charge in [-0.05, 0) is 50.0 Å². The zero-order chi connectivity index (χ0) is 24.6. The zero-order valence-corrected chi connectivity index (χ0v) is 20.6. The second-order valence-electron chi connectivity index (χ2n) is 9.64. The van der Waals surface area contributed by atoms with Crippen molar-refractivity contribution in [3.63, 3.8) is 0 Å². The van der Waals surface area contributed by atoms with Gasteiger partial charge in [-0.25, -0.2) is 9.78 Å². The predicted octanol–water partition coefficient (Wildman–Crippen LogP) is 3.71. The van der Waals surface area contributed by atoms with Crippen molar-refractivity contribution in [1.29, 1.82) is 0 Å². The molecule has 4 amide bonds. The average molecular weight is 499 g/mol. The molecule has 1 aromatic rings. The molecule has 1 spiro atoms. The van der Waals surface area contributed by atoms with Crippen LogP contribution in [0.3, 0.4) is 0 Å². The summed E-state index contributed by atoms with van der Waals surface area (Å²) in [7, 11) is 0. The molecule has 1 aromatic heterocycles. The van der Waals surface area contributed by atoms with E-state index in [1.54, 1.807) is 6.92 Å². The molecule has 1 saturated carbocycles. The summed E-state index contributed by atoms with van der Waals surface area (Å²) in [6, 6.07) is 0.818. The minimum absolute atomic E-state index is 0.0847. The third kappa shape index (κ3) is 5.58. The van der Waals surface area contributed by atoms with E-state index in [-0.39, 0.29) is 16.3 Å². The lowest BCUT2D eigenvalue weighted by Gasteiger charge is -2.40. The van der Waals surface area contributed by atoms with Crippen LogP contribution in [-0.2, 0) is 19.1 Å². The first-order chi connectivity index (χ1) is 15.3. The van der Waals surface area contributed by atoms with Crippen LogP contribution in [0, 0.1) is 18.3 Å². The molecule has 0 bridgehead atoms. The van der Waals surface area contributed by atoms with Crippen LogP contribution in [0.4, 0.5) is 10.6 Å². The molecule has 180 valence electrons. The van der Waals surface area contributed by atoms with Crippen molar-refractivity contribution in [2.75, 3.05) is 18.5 Å². The number of aryl methyl sites for hydroxylation is 1. The van der Waals surface area contributed by atoms with Crippen LogP contribution < -0.4 is 10.6 Å². The van der Waals surface area contributed by atoms with Gasteiger partial charge in [0.25, 0.3) is 11.8 Å². The van der Waals surface area contributed by atoms with Gasteiger partial charge in [-0.2, -0.15) is 0 Å². The lowest BCUT2D eigenvalue weighted by molar-refractivity contribution is -0.150. The highest BCUT2D eigenvalue weighted by Crippen LogP contribution is 2.43. The van der Waals surface area contributed by atoms with Gasteiger partial charge in [0, 0.05) is 0 Å². The van der Waals surface area contributed by atoms with E-state index in [4.69, 9.17) is 27.9 Å². The van der Waals surface area contributed by atoms with Crippen molar-refractivity contribution in [2.24, 2.45) is 11.3 Å². The second kappa shape index (κ2) is 9.46. The van der Waals surface area contributed by atoms with E-state index in [0.29, 0.717) is 29.5 Å². The molecule has 0 unspecified atom stereocenters. The highest BCUT2D eigenvalue weighted by atomic mass is 35.5. The number of carbonyl (C=O) groups excluding carboxylic acids is 4. The van der Waals surface area contributed by atoms with Crippen LogP contribution in [0.25, 0.3) is 0 Å². The van der Waals surface area contributed by atoms with E-state index < -0.39 is 42.5 Å². The molecule has 2 N–H and O–H groups in total. The summed E-state index contributed by atoms with van der Waals surface area (Å²) in [5.74, 6) is -1.43. The molecule has 11 heteroatoms. The zero-order valence-electron chi connectivity index (χ0n) is 19.1. The summed E-state index contributed by atoms with van der Waals surface area (Å²) in [5.41, 5.74) is -0.370. The summed E-state index contributed by atoms with van der Waals surface area (Å²) in [4.78, 5) is 54.7. The number of nitrogens with zero attached hydrogens (tertiary/aromatic N) is 2. The van der Waals surface area contributed by atoms with Crippen LogP contribution in [0.1, 0.15) is 52.1 Å². The van der Waals surface area contributed by atoms with Crippen molar-refractivity contribution in [3.8, 4) is 0 Å². The number of urea groups is 1. The Kier molecular flexibility index (Phi) is 7.24. The monoisotopic (exact) mass is 498 g/mol. The Morgan fingerprint density at radius 1 is 1.24 bits per heavy atom. The fraction of sp³-hybridized carbons (Fsp3) is 0.591. The minimum atomic E-state index is -0.967. The third-order valence-electron chi connectivity index (χ3n) is 6.32. The summed E-state index contributed by atoms with van der Waals surface area (Å²) in [6.07, 6.45) is 2.69. The molecule has 2 fully saturated rings. The fourth-order valence-electron chi connectivity index (χ4n) is 4.27. The quantitative estimate of drug-likeness (QED) is 0.471. The molecule has 0 aromatic carbocycles. The van der Waals surface area contributed by atoms with Gasteiger partial charge in [0.05, 0.1) is 15.7 Å². The molecule has 2 aliphatic rings. The molecule has 0 atom stereocenters. The van der Waals surface area contributed by atoms with Gasteiger partial charge in [-0.1, -0.05) is 44.0 Å². The summed E-state index contributed by atoms with van der Waals surface area (Å²) < 4.78 is 4.94. The van der Waals surface area contributed by atoms with Gasteiger partial charge < -0.3 is 15.4 Å². The largest absolute Gasteiger partial charge is 0.454 e. The SMILES string of the molecule is Cc1nc(NC(=O)COC(=O)CN2C(=O)NC3(CCC(C(C)(C)C)CC3)C2=O)c(Cl)cc1Cl. The number of hydrogen-bond donors (Lipinski definition) is 2. The first kappa shape index (κ1) is 25.2. The lowest BCUT2D eigenvalue weighted by Crippen LogP contribution is -2.50. The maximum Gasteiger partial charge on any atom is 0.326 e. The summed E-state index contributed by atoms with van der Waals surface area (Å²) in [6.45, 7) is 6.96. The van der Waals surface area contributed by atoms with Gasteiger partial charge in [0.15, 0.2) is 12.4 Å². The van der Waals surface area contributed by atoms with Crippen LogP contribution in [0.5, 0.6) is 0 Å². The van der Waals surface area contributed by atoms with E-state index in [1.165, 1.54) is 6.07 Å². The fourth-order valence-corrected chi connectivity index (χ4v) is 4.68. The van der Waals surface area contributed by atoms with Crippen LogP contribution >= 0.6 is 23.2 Å². The maximum absolute atomic E-state index is 13.0. The number of esters is 1. The number of pyridine rings is 1. The first-order valence-electron chi connectivity index (χ1n) is 10.7. The van der Waals surface area contributed by atoms with Crippen molar-refractivity contribution in [1.82, 2.24) is 15.2 Å². The smallest absolute Gasteiger partial charge is 0.326 e. The van der Waals surface area contributed by atoms with Gasteiger partial charge in [0.2, 0.25) is 0 Å². The molecule has 9 nitrogen and oxygen atoms in total. The molecule has 1 saturated heterocycles. The van der Waals surface area contributed by atoms with Crippen LogP contribution in [0.2, 0.25) is 10.0 Å². The standard InChI is InChI=1S/C22H28Cl2N4O5/c1-12-14(23)9-15(24)18(25-12)26-16(29)11-33-17(30)10-28-19(31)22(27-20(28)32)7-5-13(6-8-22)21(2,3)4/h9,13H,5-8,10-11H2,1-4H3,(H,27,32)(H,25,26,29). The normalized spacial score (nSPS) is 23.0. The summed E-state index contributed by atoms with van der Waals surface area (Å²) >= 11 is 11.9. The van der Waals surface area contributed by atoms with E-state index in [9.17, 15) is 19.2 Å². The Morgan fingerprint density at radius 3 is 2.48 bits per heavy atom. The molecule has 1 aliphatic carbocycles. The number of nitrogens with one attached hydrogen (secondary N) is 2. The number of amides is 4. The maximum atomic E-state index is 13.0. The number of anilines is 1. The van der Waals surface area contributed by atoms with Crippen LogP contribution in [-0.4, -0.2) is 52.4 Å². The number of carbonyl (C=O) groups is 4. The van der Waals surface area contributed by atoms with Crippen molar-refractivity contribution in [3.05, 3.63) is 21.8 Å². The Morgan fingerprint density at radius 2 is 1.88 bits per heavy atom. The van der Waals surface area contributed by atoms with E-state index in [2.05, 4.69) is 36.4 Å². The Balaban J connectivity index is 1.52. The molecule has 0 radical (unpaired) electrons. The van der Waals surface area contributed by atoms with Crippen molar-refractivity contribution < 1.29 is 23.9 Å². The highest BCUT2D eigenvalue weighted by molar-refractivity contribution is 6.36. The number of imide groups is 1. The van der Waals surface area contributed by atoms with Gasteiger partial charge >= 0.3 is 12.0 Å². The third-order valence-corrected chi connectivity index (χ3v) is 6.99. The Hall–Kier alpha value is -2.39. The van der Waals surface area contributed by atoms with Gasteiger partial charge in [0.1, 0.15) is 12.1 Å². The number of hydrogen-bond acceptors (Lipinski definition) is 6. The first-order valence-corrected chi connectivity index (χ1v) is 11.5. The van der Waals surface area contributed by atoms with Gasteiger partial charge in [-0.15, -0.1) is 0 Å². The van der Waals surface area contributed by atoms with E-state index in [0.717, 1.165) is 17.7 Å². The molecule has 2 heterocycles. The molecule has 33 heavy (non-hydrogen) atoms. The second-order valence-corrected chi connectivity index (χ2v) is 10.5. The van der Waals surface area contributed by atoms with Crippen molar-refractivity contribution in [2.45, 2.75) is 58.9 Å². The number of halogens is 2. The number of rotatable bonds is 5. The molecule has 1 aliphatic heterocycles. The van der Waals surface area contributed by atoms with Gasteiger partial charge in [-0.3, -0.25) is 19.3 Å². The average Bonchev–Trinajstić information content (AvgIpc) is 2.94. The van der Waals surface area contributed by atoms with Crippen LogP contribution in [0.15, 0.2) is 6.07 Å². The topological polar surface area (TPSA) is 118 Å².